The summed E-state index contributed by atoms with van der Waals surface area (Å²) in [6.45, 7) is 6.94. The number of nitrogens with one attached hydrogen (secondary N) is 2. The van der Waals surface area contributed by atoms with Crippen LogP contribution < -0.4 is 16.4 Å². The number of carbonyl (C=O) groups excluding carboxylic acids is 5. The second kappa shape index (κ2) is 14.9. The van der Waals surface area contributed by atoms with Crippen molar-refractivity contribution in [2.75, 3.05) is 20.2 Å². The van der Waals surface area contributed by atoms with E-state index in [9.17, 15) is 24.0 Å². The van der Waals surface area contributed by atoms with Crippen LogP contribution in [0.15, 0.2) is 48.5 Å². The molecular formula is C37H49N5O7. The Labute approximate surface area is 288 Å². The first-order valence-corrected chi connectivity index (χ1v) is 17.2. The Morgan fingerprint density at radius 2 is 1.55 bits per heavy atom. The topological polar surface area (TPSA) is 160 Å². The third kappa shape index (κ3) is 8.17. The molecule has 1 heterocycles. The van der Waals surface area contributed by atoms with Gasteiger partial charge in [0.2, 0.25) is 17.7 Å². The van der Waals surface area contributed by atoms with E-state index in [0.717, 1.165) is 54.4 Å². The van der Waals surface area contributed by atoms with Crippen molar-refractivity contribution in [3.8, 4) is 11.1 Å². The van der Waals surface area contributed by atoms with Crippen LogP contribution in [0.2, 0.25) is 0 Å². The van der Waals surface area contributed by atoms with E-state index in [0.29, 0.717) is 0 Å². The number of rotatable bonds is 9. The van der Waals surface area contributed by atoms with Crippen molar-refractivity contribution in [3.05, 3.63) is 59.7 Å². The summed E-state index contributed by atoms with van der Waals surface area (Å²) in [5.74, 6) is -1.92. The van der Waals surface area contributed by atoms with E-state index in [-0.39, 0.29) is 31.4 Å². The van der Waals surface area contributed by atoms with Crippen LogP contribution in [-0.2, 0) is 23.9 Å². The highest BCUT2D eigenvalue weighted by Crippen LogP contribution is 2.44. The molecule has 2 fully saturated rings. The SMILES string of the molecule is C[C@@H](C(=O)NC(C(=O)N1CC(NC(=O)OCC2c3ccccc3-c3ccccc32)CC1C(N)=O)C1CCCCC1)N(C)C(=O)OC(C)(C)C. The molecule has 1 aliphatic heterocycles. The normalized spacial score (nSPS) is 20.4. The molecule has 0 bridgehead atoms. The van der Waals surface area contributed by atoms with Gasteiger partial charge in [0.25, 0.3) is 0 Å². The molecule has 0 aromatic heterocycles. The minimum atomic E-state index is -0.976. The third-order valence-electron chi connectivity index (χ3n) is 9.91. The highest BCUT2D eigenvalue weighted by Gasteiger charge is 2.44. The second-order valence-corrected chi connectivity index (χ2v) is 14.5. The molecule has 4 N–H and O–H groups in total. The lowest BCUT2D eigenvalue weighted by Gasteiger charge is -2.35. The number of hydrogen-bond donors (Lipinski definition) is 3. The molecule has 2 aromatic rings. The maximum absolute atomic E-state index is 14.2. The highest BCUT2D eigenvalue weighted by molar-refractivity contribution is 5.94. The maximum atomic E-state index is 14.2. The van der Waals surface area contributed by atoms with Gasteiger partial charge in [-0.15, -0.1) is 0 Å². The maximum Gasteiger partial charge on any atom is 0.410 e. The van der Waals surface area contributed by atoms with Gasteiger partial charge in [-0.1, -0.05) is 67.8 Å². The summed E-state index contributed by atoms with van der Waals surface area (Å²) in [5, 5.41) is 5.74. The minimum absolute atomic E-state index is 0.0308. The van der Waals surface area contributed by atoms with Gasteiger partial charge in [0.05, 0.1) is 6.04 Å². The van der Waals surface area contributed by atoms with E-state index in [4.69, 9.17) is 15.2 Å². The van der Waals surface area contributed by atoms with E-state index in [1.807, 2.05) is 36.4 Å². The molecular weight excluding hydrogens is 626 g/mol. The van der Waals surface area contributed by atoms with Crippen molar-refractivity contribution in [1.29, 1.82) is 0 Å². The molecule has 264 valence electrons. The van der Waals surface area contributed by atoms with Gasteiger partial charge in [0.1, 0.15) is 30.3 Å². The number of benzene rings is 2. The van der Waals surface area contributed by atoms with Crippen molar-refractivity contribution < 1.29 is 33.4 Å². The zero-order valence-electron chi connectivity index (χ0n) is 29.1. The van der Waals surface area contributed by atoms with Crippen molar-refractivity contribution in [1.82, 2.24) is 20.4 Å². The van der Waals surface area contributed by atoms with Crippen LogP contribution in [-0.4, -0.2) is 89.7 Å². The van der Waals surface area contributed by atoms with Gasteiger partial charge >= 0.3 is 12.2 Å². The average Bonchev–Trinajstić information content (AvgIpc) is 3.64. The standard InChI is InChI=1S/C37H49N5O7/c1-22(41(5)36(47)49-37(2,3)4)33(44)40-31(23-13-7-6-8-14-23)34(45)42-20-24(19-30(42)32(38)43)39-35(46)48-21-29-27-17-11-9-15-25(27)26-16-10-12-18-28(26)29/h9-12,15-18,22-24,29-31H,6-8,13-14,19-21H2,1-5H3,(H2,38,43)(H,39,46)(H,40,44)/t22-,24?,30?,31?/m0/s1. The molecule has 3 unspecified atom stereocenters. The van der Waals surface area contributed by atoms with Gasteiger partial charge in [-0.3, -0.25) is 19.3 Å². The van der Waals surface area contributed by atoms with Crippen LogP contribution in [0.4, 0.5) is 9.59 Å². The molecule has 0 radical (unpaired) electrons. The summed E-state index contributed by atoms with van der Waals surface area (Å²) < 4.78 is 11.1. The summed E-state index contributed by atoms with van der Waals surface area (Å²) in [4.78, 5) is 68.7. The number of ether oxygens (including phenoxy) is 2. The lowest BCUT2D eigenvalue weighted by Crippen LogP contribution is -2.58. The first-order chi connectivity index (χ1) is 23.2. The number of hydrogen-bond acceptors (Lipinski definition) is 7. The zero-order valence-corrected chi connectivity index (χ0v) is 29.1. The average molecular weight is 676 g/mol. The first-order valence-electron chi connectivity index (χ1n) is 17.2. The lowest BCUT2D eigenvalue weighted by atomic mass is 9.83. The molecule has 5 rings (SSSR count). The predicted molar refractivity (Wildman–Crippen MR) is 183 cm³/mol. The molecule has 2 aliphatic carbocycles. The Morgan fingerprint density at radius 3 is 2.12 bits per heavy atom. The quantitative estimate of drug-likeness (QED) is 0.357. The molecule has 4 atom stereocenters. The Balaban J connectivity index is 1.25. The van der Waals surface area contributed by atoms with Gasteiger partial charge in [0, 0.05) is 19.5 Å². The van der Waals surface area contributed by atoms with E-state index in [1.54, 1.807) is 27.7 Å². The van der Waals surface area contributed by atoms with Gasteiger partial charge < -0.3 is 30.7 Å². The van der Waals surface area contributed by atoms with Gasteiger partial charge in [-0.2, -0.15) is 0 Å². The number of likely N-dealkylation sites (tertiary alicyclic amines) is 1. The number of alkyl carbamates (subject to hydrolysis) is 1. The summed E-state index contributed by atoms with van der Waals surface area (Å²) in [7, 11) is 1.47. The van der Waals surface area contributed by atoms with Crippen LogP contribution >= 0.6 is 0 Å². The largest absolute Gasteiger partial charge is 0.449 e. The Hall–Kier alpha value is -4.61. The van der Waals surface area contributed by atoms with E-state index in [2.05, 4.69) is 22.8 Å². The summed E-state index contributed by atoms with van der Waals surface area (Å²) in [6.07, 6.45) is 3.10. The summed E-state index contributed by atoms with van der Waals surface area (Å²) >= 11 is 0. The number of nitrogens with two attached hydrogens (primary N) is 1. The van der Waals surface area contributed by atoms with E-state index < -0.39 is 59.7 Å². The zero-order chi connectivity index (χ0) is 35.5. The number of fused-ring (bicyclic) bond motifs is 3. The molecule has 0 spiro atoms. The minimum Gasteiger partial charge on any atom is -0.449 e. The van der Waals surface area contributed by atoms with E-state index >= 15 is 0 Å². The molecule has 3 aliphatic rings. The Bertz CT molecular complexity index is 1520. The number of primary amides is 1. The first kappa shape index (κ1) is 35.7. The van der Waals surface area contributed by atoms with Crippen LogP contribution in [0.25, 0.3) is 11.1 Å². The fourth-order valence-electron chi connectivity index (χ4n) is 7.23. The van der Waals surface area contributed by atoms with Gasteiger partial charge in [-0.05, 0) is 75.1 Å². The lowest BCUT2D eigenvalue weighted by molar-refractivity contribution is -0.142. The summed E-state index contributed by atoms with van der Waals surface area (Å²) in [6, 6.07) is 12.7. The molecule has 1 saturated carbocycles. The van der Waals surface area contributed by atoms with Crippen LogP contribution in [0.3, 0.4) is 0 Å². The predicted octanol–water partition coefficient (Wildman–Crippen LogP) is 4.30. The number of amides is 5. The fraction of sp³-hybridized carbons (Fsp3) is 0.541. The van der Waals surface area contributed by atoms with Crippen LogP contribution in [0, 0.1) is 5.92 Å². The molecule has 49 heavy (non-hydrogen) atoms. The highest BCUT2D eigenvalue weighted by atomic mass is 16.6. The van der Waals surface area contributed by atoms with Crippen LogP contribution in [0.1, 0.15) is 83.3 Å². The van der Waals surface area contributed by atoms with Gasteiger partial charge in [0.15, 0.2) is 0 Å². The molecule has 5 amide bonds. The van der Waals surface area contributed by atoms with Crippen molar-refractivity contribution in [3.63, 3.8) is 0 Å². The Morgan fingerprint density at radius 1 is 0.959 bits per heavy atom. The molecule has 12 heteroatoms. The second-order valence-electron chi connectivity index (χ2n) is 14.5. The monoisotopic (exact) mass is 675 g/mol. The fourth-order valence-corrected chi connectivity index (χ4v) is 7.23. The number of nitrogens with zero attached hydrogens (tertiary/aromatic N) is 2. The van der Waals surface area contributed by atoms with Crippen LogP contribution in [0.5, 0.6) is 0 Å². The van der Waals surface area contributed by atoms with Gasteiger partial charge in [-0.25, -0.2) is 9.59 Å². The third-order valence-corrected chi connectivity index (χ3v) is 9.91. The molecule has 2 aromatic carbocycles. The number of carbonyl (C=O) groups is 5. The van der Waals surface area contributed by atoms with Crippen molar-refractivity contribution >= 4 is 29.9 Å². The molecule has 1 saturated heterocycles. The smallest absolute Gasteiger partial charge is 0.410 e. The van der Waals surface area contributed by atoms with Crippen molar-refractivity contribution in [2.24, 2.45) is 11.7 Å². The Kier molecular flexibility index (Phi) is 10.8. The van der Waals surface area contributed by atoms with E-state index in [1.165, 1.54) is 16.8 Å². The van der Waals surface area contributed by atoms with Crippen molar-refractivity contribution in [2.45, 2.75) is 102 Å². The summed E-state index contributed by atoms with van der Waals surface area (Å²) in [5.41, 5.74) is 9.45. The molecule has 12 nitrogen and oxygen atoms in total. The number of likely N-dealkylation sites (N-methyl/N-ethyl adjacent to an activating group) is 1.